The molecule has 0 atom stereocenters. The Bertz CT molecular complexity index is 389. The second kappa shape index (κ2) is 5.94. The lowest BCUT2D eigenvalue weighted by molar-refractivity contribution is 0.275. The highest BCUT2D eigenvalue weighted by Crippen LogP contribution is 2.31. The van der Waals surface area contributed by atoms with E-state index in [1.54, 1.807) is 13.8 Å². The third-order valence-corrected chi connectivity index (χ3v) is 2.49. The maximum Gasteiger partial charge on any atom is 0.191 e. The molecule has 4 heteroatoms. The molecule has 96 valence electrons. The molecule has 0 spiro atoms. The number of hydrogen-bond donors (Lipinski definition) is 0. The molecule has 0 saturated carbocycles. The molecule has 1 aromatic rings. The summed E-state index contributed by atoms with van der Waals surface area (Å²) >= 11 is 0. The third-order valence-electron chi connectivity index (χ3n) is 2.49. The third kappa shape index (κ3) is 3.14. The number of ether oxygens (including phenoxy) is 1. The Hall–Kier alpha value is -1.19. The van der Waals surface area contributed by atoms with Gasteiger partial charge < -0.3 is 4.74 Å². The summed E-state index contributed by atoms with van der Waals surface area (Å²) in [4.78, 5) is 0. The summed E-state index contributed by atoms with van der Waals surface area (Å²) in [5, 5.41) is 0. The summed E-state index contributed by atoms with van der Waals surface area (Å²) in [6, 6.07) is 0.680. The van der Waals surface area contributed by atoms with Crippen LogP contribution < -0.4 is 4.74 Å². The zero-order chi connectivity index (χ0) is 13.0. The van der Waals surface area contributed by atoms with Crippen LogP contribution in [0.1, 0.15) is 45.1 Å². The molecule has 0 amide bonds. The first-order chi connectivity index (χ1) is 7.99. The summed E-state index contributed by atoms with van der Waals surface area (Å²) < 4.78 is 45.7. The van der Waals surface area contributed by atoms with Gasteiger partial charge in [0.1, 0.15) is 5.82 Å². The quantitative estimate of drug-likeness (QED) is 0.699. The minimum atomic E-state index is -0.986. The van der Waals surface area contributed by atoms with E-state index in [-0.39, 0.29) is 18.1 Å². The van der Waals surface area contributed by atoms with Crippen LogP contribution in [-0.4, -0.2) is 6.61 Å². The Morgan fingerprint density at radius 3 is 2.35 bits per heavy atom. The fourth-order valence-corrected chi connectivity index (χ4v) is 1.57. The Labute approximate surface area is 99.6 Å². The van der Waals surface area contributed by atoms with E-state index >= 15 is 0 Å². The summed E-state index contributed by atoms with van der Waals surface area (Å²) in [5.74, 6) is -3.60. The molecule has 0 saturated heterocycles. The van der Waals surface area contributed by atoms with E-state index in [1.807, 2.05) is 6.92 Å². The molecule has 0 aliphatic carbocycles. The first kappa shape index (κ1) is 13.9. The van der Waals surface area contributed by atoms with E-state index < -0.39 is 23.2 Å². The van der Waals surface area contributed by atoms with Gasteiger partial charge in [0, 0.05) is 11.6 Å². The van der Waals surface area contributed by atoms with E-state index in [9.17, 15) is 13.2 Å². The smallest absolute Gasteiger partial charge is 0.191 e. The maximum atomic E-state index is 13.9. The van der Waals surface area contributed by atoms with Crippen LogP contribution in [0.4, 0.5) is 13.2 Å². The van der Waals surface area contributed by atoms with E-state index in [0.717, 1.165) is 6.42 Å². The van der Waals surface area contributed by atoms with Crippen molar-refractivity contribution in [2.24, 2.45) is 0 Å². The highest BCUT2D eigenvalue weighted by Gasteiger charge is 2.21. The lowest BCUT2D eigenvalue weighted by Gasteiger charge is -2.14. The Morgan fingerprint density at radius 2 is 1.82 bits per heavy atom. The summed E-state index contributed by atoms with van der Waals surface area (Å²) in [7, 11) is 0. The van der Waals surface area contributed by atoms with Gasteiger partial charge in [-0.1, -0.05) is 27.2 Å². The van der Waals surface area contributed by atoms with Crippen LogP contribution in [0.15, 0.2) is 6.07 Å². The van der Waals surface area contributed by atoms with Crippen molar-refractivity contribution in [2.75, 3.05) is 6.61 Å². The molecule has 0 radical (unpaired) electrons. The van der Waals surface area contributed by atoms with Gasteiger partial charge in [-0.15, -0.1) is 0 Å². The van der Waals surface area contributed by atoms with Crippen LogP contribution in [0.3, 0.4) is 0 Å². The molecule has 0 N–H and O–H groups in total. The molecule has 1 aromatic carbocycles. The van der Waals surface area contributed by atoms with E-state index in [2.05, 4.69) is 0 Å². The zero-order valence-electron chi connectivity index (χ0n) is 10.3. The number of benzene rings is 1. The number of rotatable bonds is 5. The van der Waals surface area contributed by atoms with Gasteiger partial charge in [-0.25, -0.2) is 13.2 Å². The van der Waals surface area contributed by atoms with Crippen molar-refractivity contribution in [3.63, 3.8) is 0 Å². The average Bonchev–Trinajstić information content (AvgIpc) is 2.21. The predicted molar refractivity (Wildman–Crippen MR) is 60.8 cm³/mol. The Morgan fingerprint density at radius 1 is 1.18 bits per heavy atom. The number of unbranched alkanes of at least 4 members (excludes halogenated alkanes) is 1. The maximum absolute atomic E-state index is 13.9. The number of hydrogen-bond acceptors (Lipinski definition) is 1. The molecule has 0 aliphatic rings. The van der Waals surface area contributed by atoms with Crippen molar-refractivity contribution in [3.05, 3.63) is 29.1 Å². The van der Waals surface area contributed by atoms with Gasteiger partial charge in [0.15, 0.2) is 17.4 Å². The highest BCUT2D eigenvalue weighted by atomic mass is 19.1. The topological polar surface area (TPSA) is 9.23 Å². The second-order valence-electron chi connectivity index (χ2n) is 4.25. The van der Waals surface area contributed by atoms with Crippen LogP contribution in [0.25, 0.3) is 0 Å². The molecule has 1 nitrogen and oxygen atoms in total. The van der Waals surface area contributed by atoms with Crippen LogP contribution >= 0.6 is 0 Å². The second-order valence-corrected chi connectivity index (χ2v) is 4.25. The number of halogens is 3. The van der Waals surface area contributed by atoms with Crippen molar-refractivity contribution < 1.29 is 17.9 Å². The van der Waals surface area contributed by atoms with Crippen molar-refractivity contribution in [2.45, 2.75) is 39.5 Å². The van der Waals surface area contributed by atoms with Gasteiger partial charge in [-0.05, 0) is 12.3 Å². The highest BCUT2D eigenvalue weighted by molar-refractivity contribution is 5.35. The average molecular weight is 246 g/mol. The minimum absolute atomic E-state index is 0.127. The van der Waals surface area contributed by atoms with Gasteiger partial charge in [0.25, 0.3) is 0 Å². The summed E-state index contributed by atoms with van der Waals surface area (Å²) in [6.07, 6.45) is 1.56. The fourth-order valence-electron chi connectivity index (χ4n) is 1.57. The van der Waals surface area contributed by atoms with Crippen molar-refractivity contribution in [3.8, 4) is 5.75 Å². The van der Waals surface area contributed by atoms with Gasteiger partial charge in [-0.3, -0.25) is 0 Å². The first-order valence-electron chi connectivity index (χ1n) is 5.79. The van der Waals surface area contributed by atoms with Crippen molar-refractivity contribution >= 4 is 0 Å². The van der Waals surface area contributed by atoms with Crippen molar-refractivity contribution in [1.82, 2.24) is 0 Å². The minimum Gasteiger partial charge on any atom is -0.488 e. The van der Waals surface area contributed by atoms with E-state index in [4.69, 9.17) is 4.74 Å². The molecular formula is C13H17F3O. The monoisotopic (exact) mass is 246 g/mol. The molecule has 0 heterocycles. The molecule has 0 aliphatic heterocycles. The lowest BCUT2D eigenvalue weighted by Crippen LogP contribution is -2.07. The van der Waals surface area contributed by atoms with Gasteiger partial charge in [0.05, 0.1) is 6.61 Å². The molecule has 0 fully saturated rings. The van der Waals surface area contributed by atoms with Crippen LogP contribution in [-0.2, 0) is 0 Å². The van der Waals surface area contributed by atoms with E-state index in [1.165, 1.54) is 0 Å². The van der Waals surface area contributed by atoms with Crippen molar-refractivity contribution in [1.29, 1.82) is 0 Å². The molecule has 0 aromatic heterocycles. The predicted octanol–water partition coefficient (Wildman–Crippen LogP) is 4.41. The molecule has 1 rings (SSSR count). The van der Waals surface area contributed by atoms with Crippen LogP contribution in [0.2, 0.25) is 0 Å². The lowest BCUT2D eigenvalue weighted by atomic mass is 10.0. The fraction of sp³-hybridized carbons (Fsp3) is 0.538. The largest absolute Gasteiger partial charge is 0.488 e. The van der Waals surface area contributed by atoms with Gasteiger partial charge in [0.2, 0.25) is 0 Å². The molecular weight excluding hydrogens is 229 g/mol. The standard InChI is InChI=1S/C13H17F3O/c1-4-5-6-17-13-10(15)7-9(14)11(8(2)3)12(13)16/h7-8H,4-6H2,1-3H3. The van der Waals surface area contributed by atoms with Crippen LogP contribution in [0, 0.1) is 17.5 Å². The zero-order valence-corrected chi connectivity index (χ0v) is 10.3. The normalized spacial score (nSPS) is 11.0. The first-order valence-corrected chi connectivity index (χ1v) is 5.79. The molecule has 17 heavy (non-hydrogen) atoms. The summed E-state index contributed by atoms with van der Waals surface area (Å²) in [6.45, 7) is 5.47. The van der Waals surface area contributed by atoms with E-state index in [0.29, 0.717) is 12.5 Å². The van der Waals surface area contributed by atoms with Gasteiger partial charge in [-0.2, -0.15) is 0 Å². The SMILES string of the molecule is CCCCOc1c(F)cc(F)c(C(C)C)c1F. The summed E-state index contributed by atoms with van der Waals surface area (Å²) in [5.41, 5.74) is -0.127. The van der Waals surface area contributed by atoms with Gasteiger partial charge >= 0.3 is 0 Å². The Kier molecular flexibility index (Phi) is 4.85. The molecule has 0 unspecified atom stereocenters. The van der Waals surface area contributed by atoms with Crippen LogP contribution in [0.5, 0.6) is 5.75 Å². The Balaban J connectivity index is 3.07. The molecule has 0 bridgehead atoms.